The maximum absolute atomic E-state index is 13.5. The normalized spacial score (nSPS) is 15.2. The molecule has 1 aliphatic rings. The number of anilines is 1. The minimum Gasteiger partial charge on any atom is -0.325 e. The number of aryl methyl sites for hydroxylation is 1. The highest BCUT2D eigenvalue weighted by molar-refractivity contribution is 5.96. The summed E-state index contributed by atoms with van der Waals surface area (Å²) in [7, 11) is 0. The summed E-state index contributed by atoms with van der Waals surface area (Å²) in [5.41, 5.74) is 2.47. The van der Waals surface area contributed by atoms with Crippen molar-refractivity contribution in [1.29, 1.82) is 0 Å². The van der Waals surface area contributed by atoms with Gasteiger partial charge in [0, 0.05) is 18.3 Å². The molecule has 2 aromatic carbocycles. The summed E-state index contributed by atoms with van der Waals surface area (Å²) in [5.74, 6) is -0.278. The van der Waals surface area contributed by atoms with Crippen molar-refractivity contribution >= 4 is 22.8 Å². The Kier molecular flexibility index (Phi) is 5.20. The number of hydrogen-bond acceptors (Lipinski definition) is 4. The van der Waals surface area contributed by atoms with Crippen LogP contribution in [-0.4, -0.2) is 30.6 Å². The second kappa shape index (κ2) is 8.20. The topological polar surface area (TPSA) is 82.1 Å². The van der Waals surface area contributed by atoms with Crippen LogP contribution in [-0.2, 0) is 30.8 Å². The van der Waals surface area contributed by atoms with E-state index >= 15 is 0 Å². The number of hydrogen-bond donors (Lipinski definition) is 0. The van der Waals surface area contributed by atoms with Gasteiger partial charge in [-0.25, -0.2) is 14.3 Å². The molecular formula is C25H25N5O3. The fraction of sp³-hybridized carbons (Fsp3) is 0.280. The number of aromatic nitrogens is 4. The highest BCUT2D eigenvalue weighted by atomic mass is 16.2. The zero-order valence-corrected chi connectivity index (χ0v) is 18.6. The van der Waals surface area contributed by atoms with Gasteiger partial charge in [-0.15, -0.1) is 0 Å². The Bertz CT molecular complexity index is 1470. The van der Waals surface area contributed by atoms with Gasteiger partial charge in [0.25, 0.3) is 5.56 Å². The number of amides is 1. The lowest BCUT2D eigenvalue weighted by atomic mass is 10.1. The Labute approximate surface area is 190 Å². The van der Waals surface area contributed by atoms with E-state index in [1.807, 2.05) is 68.4 Å². The molecule has 1 aliphatic heterocycles. The average molecular weight is 444 g/mol. The first kappa shape index (κ1) is 20.9. The van der Waals surface area contributed by atoms with Gasteiger partial charge in [0.15, 0.2) is 11.2 Å². The Morgan fingerprint density at radius 3 is 2.52 bits per heavy atom. The van der Waals surface area contributed by atoms with Crippen molar-refractivity contribution in [3.63, 3.8) is 0 Å². The first-order chi connectivity index (χ1) is 16.0. The third-order valence-electron chi connectivity index (χ3n) is 6.28. The number of carbonyl (C=O) groups excluding carboxylic acids is 1. The van der Waals surface area contributed by atoms with E-state index < -0.39 is 11.2 Å². The lowest BCUT2D eigenvalue weighted by molar-refractivity contribution is -0.119. The molecule has 0 saturated carbocycles. The van der Waals surface area contributed by atoms with Gasteiger partial charge in [-0.05, 0) is 37.5 Å². The molecule has 1 atom stereocenters. The van der Waals surface area contributed by atoms with Crippen molar-refractivity contribution in [2.45, 2.75) is 45.9 Å². The molecule has 0 N–H and O–H groups in total. The standard InChI is InChI=1S/C25H25N5O3/c1-3-27-16-26-23-22(27)24(32)29(25(33)28(23)14-18-9-5-4-6-10-18)15-21(31)30-17(2)13-19-11-7-8-12-20(19)30/h4-12,16-17H,3,13-15H2,1-2H3/t17-/m1/s1. The van der Waals surface area contributed by atoms with Gasteiger partial charge < -0.3 is 9.47 Å². The molecule has 0 bridgehead atoms. The van der Waals surface area contributed by atoms with Crippen LogP contribution in [0.25, 0.3) is 11.2 Å². The molecule has 0 spiro atoms. The fourth-order valence-electron chi connectivity index (χ4n) is 4.68. The van der Waals surface area contributed by atoms with Crippen molar-refractivity contribution in [2.75, 3.05) is 4.90 Å². The zero-order chi connectivity index (χ0) is 23.1. The molecule has 5 rings (SSSR count). The number of carbonyl (C=O) groups is 1. The Balaban J connectivity index is 1.62. The van der Waals surface area contributed by atoms with Gasteiger partial charge in [0.05, 0.1) is 12.9 Å². The van der Waals surface area contributed by atoms with Gasteiger partial charge in [-0.3, -0.25) is 14.2 Å². The van der Waals surface area contributed by atoms with Gasteiger partial charge in [0.2, 0.25) is 5.91 Å². The monoisotopic (exact) mass is 443 g/mol. The summed E-state index contributed by atoms with van der Waals surface area (Å²) in [6.07, 6.45) is 2.31. The van der Waals surface area contributed by atoms with E-state index in [0.29, 0.717) is 17.7 Å². The van der Waals surface area contributed by atoms with Crippen LogP contribution in [0.2, 0.25) is 0 Å². The van der Waals surface area contributed by atoms with E-state index in [1.165, 1.54) is 4.57 Å². The van der Waals surface area contributed by atoms with Crippen LogP contribution >= 0.6 is 0 Å². The SMILES string of the molecule is CCn1cnc2c1c(=O)n(CC(=O)N1c3ccccc3C[C@H]1C)c(=O)n2Cc1ccccc1. The van der Waals surface area contributed by atoms with Crippen molar-refractivity contribution in [3.05, 3.63) is 92.9 Å². The lowest BCUT2D eigenvalue weighted by Gasteiger charge is -2.23. The molecule has 4 aromatic rings. The molecule has 0 aliphatic carbocycles. The Hall–Kier alpha value is -3.94. The predicted octanol–water partition coefficient (Wildman–Crippen LogP) is 2.41. The minimum absolute atomic E-state index is 0.0398. The third kappa shape index (κ3) is 3.47. The van der Waals surface area contributed by atoms with Crippen LogP contribution in [0.15, 0.2) is 70.5 Å². The van der Waals surface area contributed by atoms with Crippen LogP contribution in [0.4, 0.5) is 5.69 Å². The lowest BCUT2D eigenvalue weighted by Crippen LogP contribution is -2.46. The number of fused-ring (bicyclic) bond motifs is 2. The van der Waals surface area contributed by atoms with E-state index in [2.05, 4.69) is 4.98 Å². The average Bonchev–Trinajstić information content (AvgIpc) is 3.40. The molecule has 1 amide bonds. The number of imidazole rings is 1. The second-order valence-electron chi connectivity index (χ2n) is 8.39. The van der Waals surface area contributed by atoms with Crippen LogP contribution in [0.5, 0.6) is 0 Å². The molecule has 8 nitrogen and oxygen atoms in total. The van der Waals surface area contributed by atoms with Crippen LogP contribution in [0.1, 0.15) is 25.0 Å². The van der Waals surface area contributed by atoms with E-state index in [-0.39, 0.29) is 25.0 Å². The molecule has 8 heteroatoms. The van der Waals surface area contributed by atoms with Crippen molar-refractivity contribution in [2.24, 2.45) is 0 Å². The number of para-hydroxylation sites is 1. The van der Waals surface area contributed by atoms with Crippen LogP contribution in [0, 0.1) is 0 Å². The molecular weight excluding hydrogens is 418 g/mol. The summed E-state index contributed by atoms with van der Waals surface area (Å²) >= 11 is 0. The first-order valence-corrected chi connectivity index (χ1v) is 11.1. The predicted molar refractivity (Wildman–Crippen MR) is 127 cm³/mol. The van der Waals surface area contributed by atoms with Gasteiger partial charge in [-0.1, -0.05) is 48.5 Å². The van der Waals surface area contributed by atoms with E-state index in [9.17, 15) is 14.4 Å². The summed E-state index contributed by atoms with van der Waals surface area (Å²) in [6, 6.07) is 17.2. The molecule has 2 aromatic heterocycles. The molecule has 0 fully saturated rings. The Morgan fingerprint density at radius 2 is 1.76 bits per heavy atom. The van der Waals surface area contributed by atoms with Crippen molar-refractivity contribution < 1.29 is 4.79 Å². The summed E-state index contributed by atoms with van der Waals surface area (Å²) in [4.78, 5) is 46.3. The number of rotatable bonds is 5. The third-order valence-corrected chi connectivity index (χ3v) is 6.28. The van der Waals surface area contributed by atoms with Gasteiger partial charge in [0.1, 0.15) is 6.54 Å². The molecule has 33 heavy (non-hydrogen) atoms. The molecule has 3 heterocycles. The maximum atomic E-state index is 13.5. The van der Waals surface area contributed by atoms with E-state index in [4.69, 9.17) is 0 Å². The fourth-order valence-corrected chi connectivity index (χ4v) is 4.68. The smallest absolute Gasteiger partial charge is 0.325 e. The summed E-state index contributed by atoms with van der Waals surface area (Å²) in [6.45, 7) is 4.35. The van der Waals surface area contributed by atoms with Crippen LogP contribution < -0.4 is 16.1 Å². The minimum atomic E-state index is -0.536. The molecule has 0 unspecified atom stereocenters. The zero-order valence-electron chi connectivity index (χ0n) is 18.6. The quantitative estimate of drug-likeness (QED) is 0.474. The summed E-state index contributed by atoms with van der Waals surface area (Å²) < 4.78 is 4.25. The van der Waals surface area contributed by atoms with Crippen LogP contribution in [0.3, 0.4) is 0 Å². The molecule has 0 radical (unpaired) electrons. The molecule has 0 saturated heterocycles. The van der Waals surface area contributed by atoms with Crippen molar-refractivity contribution in [3.8, 4) is 0 Å². The highest BCUT2D eigenvalue weighted by Crippen LogP contribution is 2.31. The second-order valence-corrected chi connectivity index (χ2v) is 8.39. The number of nitrogens with zero attached hydrogens (tertiary/aromatic N) is 5. The van der Waals surface area contributed by atoms with E-state index in [1.54, 1.807) is 15.8 Å². The largest absolute Gasteiger partial charge is 0.333 e. The highest BCUT2D eigenvalue weighted by Gasteiger charge is 2.31. The molecule has 168 valence electrons. The van der Waals surface area contributed by atoms with Gasteiger partial charge >= 0.3 is 5.69 Å². The maximum Gasteiger partial charge on any atom is 0.333 e. The van der Waals surface area contributed by atoms with Gasteiger partial charge in [-0.2, -0.15) is 0 Å². The first-order valence-electron chi connectivity index (χ1n) is 11.1. The van der Waals surface area contributed by atoms with Crippen molar-refractivity contribution in [1.82, 2.24) is 18.7 Å². The van der Waals surface area contributed by atoms with E-state index in [0.717, 1.165) is 27.8 Å². The Morgan fingerprint density at radius 1 is 1.03 bits per heavy atom. The summed E-state index contributed by atoms with van der Waals surface area (Å²) in [5, 5.41) is 0. The number of benzene rings is 2.